The van der Waals surface area contributed by atoms with Gasteiger partial charge in [0, 0.05) is 12.8 Å². The fourth-order valence-electron chi connectivity index (χ4n) is 4.64. The molecule has 202 valence electrons. The summed E-state index contributed by atoms with van der Waals surface area (Å²) < 4.78 is 0. The standard InChI is InChI=1S/C30H59NO3/c1-3-5-7-9-11-13-15-17-19-21-23-25-29(33)31(27-28-32)30(34)26-24-22-20-18-16-14-12-10-8-6-4-2/h32H,3-28H2,1-2H3. The van der Waals surface area contributed by atoms with Gasteiger partial charge in [-0.25, -0.2) is 0 Å². The van der Waals surface area contributed by atoms with Crippen LogP contribution in [0.3, 0.4) is 0 Å². The van der Waals surface area contributed by atoms with Crippen molar-refractivity contribution in [1.82, 2.24) is 4.90 Å². The van der Waals surface area contributed by atoms with E-state index in [2.05, 4.69) is 13.8 Å². The molecule has 0 aliphatic rings. The normalized spacial score (nSPS) is 11.1. The minimum absolute atomic E-state index is 0.0990. The number of aliphatic hydroxyl groups excluding tert-OH is 1. The van der Waals surface area contributed by atoms with Crippen molar-refractivity contribution < 1.29 is 14.7 Å². The van der Waals surface area contributed by atoms with Crippen LogP contribution in [0.2, 0.25) is 0 Å². The number of hydrogen-bond acceptors (Lipinski definition) is 3. The van der Waals surface area contributed by atoms with Crippen LogP contribution < -0.4 is 0 Å². The van der Waals surface area contributed by atoms with Crippen molar-refractivity contribution in [3.63, 3.8) is 0 Å². The van der Waals surface area contributed by atoms with E-state index in [1.807, 2.05) is 0 Å². The molecule has 0 unspecified atom stereocenters. The molecule has 0 aromatic heterocycles. The summed E-state index contributed by atoms with van der Waals surface area (Å²) in [7, 11) is 0. The SMILES string of the molecule is CCCCCCCCCCCCCC(=O)N(CCO)C(=O)CCCCCCCCCCCCC. The van der Waals surface area contributed by atoms with E-state index in [1.165, 1.54) is 120 Å². The third kappa shape index (κ3) is 21.6. The van der Waals surface area contributed by atoms with E-state index in [9.17, 15) is 14.7 Å². The lowest BCUT2D eigenvalue weighted by atomic mass is 10.0. The van der Waals surface area contributed by atoms with E-state index in [0.29, 0.717) is 12.8 Å². The second-order valence-corrected chi connectivity index (χ2v) is 10.2. The second-order valence-electron chi connectivity index (χ2n) is 10.2. The van der Waals surface area contributed by atoms with Crippen molar-refractivity contribution in [2.24, 2.45) is 0 Å². The van der Waals surface area contributed by atoms with Crippen molar-refractivity contribution >= 4 is 11.8 Å². The molecule has 0 spiro atoms. The van der Waals surface area contributed by atoms with Crippen molar-refractivity contribution in [3.8, 4) is 0 Å². The van der Waals surface area contributed by atoms with E-state index in [4.69, 9.17) is 0 Å². The van der Waals surface area contributed by atoms with E-state index >= 15 is 0 Å². The molecule has 0 heterocycles. The Bertz CT molecular complexity index is 414. The minimum atomic E-state index is -0.145. The zero-order valence-corrected chi connectivity index (χ0v) is 23.1. The molecule has 34 heavy (non-hydrogen) atoms. The van der Waals surface area contributed by atoms with Crippen molar-refractivity contribution in [3.05, 3.63) is 0 Å². The maximum absolute atomic E-state index is 12.5. The van der Waals surface area contributed by atoms with Gasteiger partial charge in [0.05, 0.1) is 13.2 Å². The summed E-state index contributed by atoms with van der Waals surface area (Å²) in [5.74, 6) is -0.198. The Kier molecular flexibility index (Phi) is 26.0. The molecule has 0 aliphatic heterocycles. The lowest BCUT2D eigenvalue weighted by Crippen LogP contribution is -2.38. The van der Waals surface area contributed by atoms with Crippen LogP contribution in [0.5, 0.6) is 0 Å². The van der Waals surface area contributed by atoms with Gasteiger partial charge in [0.2, 0.25) is 11.8 Å². The molecule has 0 rings (SSSR count). The number of imide groups is 1. The Hall–Kier alpha value is -0.900. The Balaban J connectivity index is 3.75. The Morgan fingerprint density at radius 3 is 1.00 bits per heavy atom. The van der Waals surface area contributed by atoms with Gasteiger partial charge in [-0.05, 0) is 12.8 Å². The van der Waals surface area contributed by atoms with Crippen LogP contribution in [-0.2, 0) is 9.59 Å². The van der Waals surface area contributed by atoms with Crippen molar-refractivity contribution in [2.75, 3.05) is 13.2 Å². The smallest absolute Gasteiger partial charge is 0.229 e. The molecular weight excluding hydrogens is 422 g/mol. The van der Waals surface area contributed by atoms with Crippen LogP contribution in [0.15, 0.2) is 0 Å². The first-order valence-corrected chi connectivity index (χ1v) is 15.1. The zero-order valence-electron chi connectivity index (χ0n) is 23.1. The topological polar surface area (TPSA) is 57.6 Å². The Labute approximate surface area is 212 Å². The van der Waals surface area contributed by atoms with E-state index in [-0.39, 0.29) is 25.0 Å². The summed E-state index contributed by atoms with van der Waals surface area (Å²) in [6.45, 7) is 4.51. The molecule has 2 amide bonds. The fraction of sp³-hybridized carbons (Fsp3) is 0.933. The molecule has 0 radical (unpaired) electrons. The number of amides is 2. The van der Waals surface area contributed by atoms with E-state index < -0.39 is 0 Å². The Morgan fingerprint density at radius 1 is 0.471 bits per heavy atom. The van der Waals surface area contributed by atoms with E-state index in [0.717, 1.165) is 25.7 Å². The quantitative estimate of drug-likeness (QED) is 0.126. The first kappa shape index (κ1) is 33.1. The highest BCUT2D eigenvalue weighted by Crippen LogP contribution is 2.14. The number of rotatable bonds is 26. The molecular formula is C30H59NO3. The fourth-order valence-corrected chi connectivity index (χ4v) is 4.64. The summed E-state index contributed by atoms with van der Waals surface area (Å²) in [5.41, 5.74) is 0. The average Bonchev–Trinajstić information content (AvgIpc) is 2.84. The first-order valence-electron chi connectivity index (χ1n) is 15.1. The van der Waals surface area contributed by atoms with E-state index in [1.54, 1.807) is 0 Å². The summed E-state index contributed by atoms with van der Waals surface area (Å²) >= 11 is 0. The van der Waals surface area contributed by atoms with Crippen molar-refractivity contribution in [1.29, 1.82) is 0 Å². The largest absolute Gasteiger partial charge is 0.395 e. The molecule has 0 saturated carbocycles. The van der Waals surface area contributed by atoms with Gasteiger partial charge in [-0.3, -0.25) is 14.5 Å². The molecule has 0 aliphatic carbocycles. The number of carbonyl (C=O) groups excluding carboxylic acids is 2. The number of carbonyl (C=O) groups is 2. The monoisotopic (exact) mass is 481 g/mol. The predicted octanol–water partition coefficient (Wildman–Crippen LogP) is 8.74. The number of hydrogen-bond donors (Lipinski definition) is 1. The van der Waals surface area contributed by atoms with Gasteiger partial charge < -0.3 is 5.11 Å². The van der Waals surface area contributed by atoms with Crippen LogP contribution in [-0.4, -0.2) is 35.0 Å². The Morgan fingerprint density at radius 2 is 0.735 bits per heavy atom. The van der Waals surface area contributed by atoms with Gasteiger partial charge >= 0.3 is 0 Å². The summed E-state index contributed by atoms with van der Waals surface area (Å²) in [6.07, 6.45) is 28.3. The molecule has 0 aromatic carbocycles. The molecule has 0 aromatic rings. The summed E-state index contributed by atoms with van der Waals surface area (Å²) in [5, 5.41) is 9.31. The minimum Gasteiger partial charge on any atom is -0.395 e. The average molecular weight is 482 g/mol. The molecule has 4 heteroatoms. The molecule has 0 atom stereocenters. The van der Waals surface area contributed by atoms with Crippen LogP contribution in [0.25, 0.3) is 0 Å². The molecule has 0 bridgehead atoms. The number of nitrogens with zero attached hydrogens (tertiary/aromatic N) is 1. The van der Waals surface area contributed by atoms with Crippen LogP contribution in [0, 0.1) is 0 Å². The summed E-state index contributed by atoms with van der Waals surface area (Å²) in [4.78, 5) is 26.4. The zero-order chi connectivity index (χ0) is 25.1. The van der Waals surface area contributed by atoms with Crippen molar-refractivity contribution in [2.45, 2.75) is 168 Å². The number of aliphatic hydroxyl groups is 1. The first-order chi connectivity index (χ1) is 16.7. The molecule has 1 N–H and O–H groups in total. The lowest BCUT2D eigenvalue weighted by Gasteiger charge is -2.20. The highest BCUT2D eigenvalue weighted by molar-refractivity contribution is 5.95. The maximum Gasteiger partial charge on any atom is 0.229 e. The van der Waals surface area contributed by atoms with Gasteiger partial charge in [0.1, 0.15) is 0 Å². The van der Waals surface area contributed by atoms with Gasteiger partial charge in [-0.2, -0.15) is 0 Å². The van der Waals surface area contributed by atoms with Crippen LogP contribution in [0.4, 0.5) is 0 Å². The predicted molar refractivity (Wildman–Crippen MR) is 146 cm³/mol. The molecule has 4 nitrogen and oxygen atoms in total. The van der Waals surface area contributed by atoms with Gasteiger partial charge in [-0.1, -0.05) is 142 Å². The molecule has 0 saturated heterocycles. The third-order valence-corrected chi connectivity index (χ3v) is 6.91. The van der Waals surface area contributed by atoms with Gasteiger partial charge in [0.15, 0.2) is 0 Å². The van der Waals surface area contributed by atoms with Crippen LogP contribution in [0.1, 0.15) is 168 Å². The number of unbranched alkanes of at least 4 members (excludes halogenated alkanes) is 20. The summed E-state index contributed by atoms with van der Waals surface area (Å²) in [6, 6.07) is 0. The van der Waals surface area contributed by atoms with Crippen LogP contribution >= 0.6 is 0 Å². The molecule has 0 fully saturated rings. The lowest BCUT2D eigenvalue weighted by molar-refractivity contribution is -0.145. The van der Waals surface area contributed by atoms with Gasteiger partial charge in [-0.15, -0.1) is 0 Å². The highest BCUT2D eigenvalue weighted by Gasteiger charge is 2.19. The highest BCUT2D eigenvalue weighted by atomic mass is 16.3. The third-order valence-electron chi connectivity index (χ3n) is 6.91. The second kappa shape index (κ2) is 26.7. The van der Waals surface area contributed by atoms with Gasteiger partial charge in [0.25, 0.3) is 0 Å². The maximum atomic E-state index is 12.5.